The number of esters is 2. The minimum Gasteiger partial charge on any atom is -0.463 e. The Morgan fingerprint density at radius 1 is 0.652 bits per heavy atom. The van der Waals surface area contributed by atoms with Crippen LogP contribution >= 0.6 is 0 Å². The van der Waals surface area contributed by atoms with Crippen molar-refractivity contribution in [2.24, 2.45) is 0 Å². The van der Waals surface area contributed by atoms with E-state index >= 15 is 0 Å². The van der Waals surface area contributed by atoms with Gasteiger partial charge < -0.3 is 9.47 Å². The molecule has 0 saturated heterocycles. The zero-order chi connectivity index (χ0) is 33.7. The Morgan fingerprint density at radius 3 is 1.35 bits per heavy atom. The molecule has 0 aromatic carbocycles. The molecule has 46 heavy (non-hydrogen) atoms. The van der Waals surface area contributed by atoms with Crippen LogP contribution in [0.2, 0.25) is 0 Å². The topological polar surface area (TPSA) is 104 Å². The summed E-state index contributed by atoms with van der Waals surface area (Å²) in [5.74, 6) is -1.16. The number of ether oxygens (including phenoxy) is 2. The highest BCUT2D eigenvalue weighted by Gasteiger charge is 2.34. The largest absolute Gasteiger partial charge is 0.463 e. The predicted octanol–water partition coefficient (Wildman–Crippen LogP) is 7.48. The fourth-order valence-corrected chi connectivity index (χ4v) is 3.69. The van der Waals surface area contributed by atoms with Gasteiger partial charge in [-0.05, 0) is 62.4 Å². The SMILES string of the molecule is CCOC(=O)C=Cc1ccc(C(F)(F)F)nc1-c1cccnc1.CCOC(=O)C=Cc1ccc(C(F)(F)F)nc1-c1cccnc1. The number of aromatic nitrogens is 4. The molecule has 0 saturated carbocycles. The van der Waals surface area contributed by atoms with E-state index in [-0.39, 0.29) is 24.6 Å². The standard InChI is InChI=1S/2C16H13F3N2O2/c2*1-2-23-14(22)8-6-11-5-7-13(16(17,18)19)21-15(11)12-4-3-9-20-10-12/h2*3-10H,2H2,1H3. The number of hydrogen-bond acceptors (Lipinski definition) is 8. The van der Waals surface area contributed by atoms with E-state index < -0.39 is 35.7 Å². The van der Waals surface area contributed by atoms with Crippen LogP contribution in [0.15, 0.2) is 85.5 Å². The number of halogens is 6. The van der Waals surface area contributed by atoms with E-state index in [1.807, 2.05) is 0 Å². The Balaban J connectivity index is 0.000000250. The van der Waals surface area contributed by atoms with Gasteiger partial charge in [0.05, 0.1) is 24.6 Å². The third-order valence-corrected chi connectivity index (χ3v) is 5.67. The average molecular weight is 645 g/mol. The first-order valence-electron chi connectivity index (χ1n) is 13.5. The van der Waals surface area contributed by atoms with Gasteiger partial charge in [-0.25, -0.2) is 19.6 Å². The molecule has 4 aromatic heterocycles. The van der Waals surface area contributed by atoms with Crippen LogP contribution in [0, 0.1) is 0 Å². The van der Waals surface area contributed by atoms with Gasteiger partial charge in [0, 0.05) is 59.2 Å². The fraction of sp³-hybridized carbons (Fsp3) is 0.188. The van der Waals surface area contributed by atoms with Crippen molar-refractivity contribution in [3.63, 3.8) is 0 Å². The number of nitrogens with zero attached hydrogens (tertiary/aromatic N) is 4. The summed E-state index contributed by atoms with van der Waals surface area (Å²) in [4.78, 5) is 37.8. The molecule has 4 heterocycles. The van der Waals surface area contributed by atoms with Crippen LogP contribution in [-0.2, 0) is 31.4 Å². The number of rotatable bonds is 8. The molecule has 0 atom stereocenters. The normalized spacial score (nSPS) is 11.7. The maximum Gasteiger partial charge on any atom is 0.433 e. The second kappa shape index (κ2) is 16.1. The lowest BCUT2D eigenvalue weighted by molar-refractivity contribution is -0.141. The first-order valence-corrected chi connectivity index (χ1v) is 13.5. The van der Waals surface area contributed by atoms with Gasteiger partial charge in [-0.15, -0.1) is 0 Å². The van der Waals surface area contributed by atoms with Crippen LogP contribution in [0.25, 0.3) is 34.7 Å². The third kappa shape index (κ3) is 10.4. The van der Waals surface area contributed by atoms with Crippen molar-refractivity contribution in [2.45, 2.75) is 26.2 Å². The zero-order valence-electron chi connectivity index (χ0n) is 24.3. The molecule has 0 unspecified atom stereocenters. The summed E-state index contributed by atoms with van der Waals surface area (Å²) < 4.78 is 86.7. The molecule has 14 heteroatoms. The van der Waals surface area contributed by atoms with E-state index in [4.69, 9.17) is 9.47 Å². The first-order chi connectivity index (χ1) is 21.8. The van der Waals surface area contributed by atoms with E-state index in [0.29, 0.717) is 22.3 Å². The molecule has 8 nitrogen and oxygen atoms in total. The van der Waals surface area contributed by atoms with Crippen LogP contribution in [0.5, 0.6) is 0 Å². The molecule has 0 amide bonds. The average Bonchev–Trinajstić information content (AvgIpc) is 3.03. The molecule has 240 valence electrons. The molecular weight excluding hydrogens is 618 g/mol. The zero-order valence-corrected chi connectivity index (χ0v) is 24.3. The van der Waals surface area contributed by atoms with Crippen LogP contribution in [0.3, 0.4) is 0 Å². The van der Waals surface area contributed by atoms with Gasteiger partial charge in [0.2, 0.25) is 0 Å². The molecule has 0 fully saturated rings. The van der Waals surface area contributed by atoms with Crippen molar-refractivity contribution >= 4 is 24.1 Å². The maximum atomic E-state index is 12.9. The minimum absolute atomic E-state index is 0.0912. The van der Waals surface area contributed by atoms with Crippen LogP contribution in [0.1, 0.15) is 36.4 Å². The van der Waals surface area contributed by atoms with Gasteiger partial charge in [-0.1, -0.05) is 12.1 Å². The molecule has 4 aromatic rings. The van der Waals surface area contributed by atoms with Crippen molar-refractivity contribution in [3.8, 4) is 22.5 Å². The number of pyridine rings is 4. The predicted molar refractivity (Wildman–Crippen MR) is 156 cm³/mol. The number of carbonyl (C=O) groups is 2. The van der Waals surface area contributed by atoms with Gasteiger partial charge in [-0.2, -0.15) is 26.3 Å². The van der Waals surface area contributed by atoms with Gasteiger partial charge in [0.15, 0.2) is 0 Å². The molecule has 0 radical (unpaired) electrons. The Morgan fingerprint density at radius 2 is 1.04 bits per heavy atom. The summed E-state index contributed by atoms with van der Waals surface area (Å²) in [6.07, 6.45) is 1.74. The molecule has 0 aliphatic carbocycles. The van der Waals surface area contributed by atoms with Crippen LogP contribution in [0.4, 0.5) is 26.3 Å². The number of hydrogen-bond donors (Lipinski definition) is 0. The summed E-state index contributed by atoms with van der Waals surface area (Å²) in [6.45, 7) is 3.74. The van der Waals surface area contributed by atoms with Gasteiger partial charge >= 0.3 is 24.3 Å². The van der Waals surface area contributed by atoms with Crippen molar-refractivity contribution in [3.05, 3.63) is 108 Å². The van der Waals surface area contributed by atoms with Gasteiger partial charge in [0.25, 0.3) is 0 Å². The lowest BCUT2D eigenvalue weighted by atomic mass is 10.1. The Bertz CT molecular complexity index is 1550. The van der Waals surface area contributed by atoms with Crippen LogP contribution < -0.4 is 0 Å². The first kappa shape index (κ1) is 35.1. The highest BCUT2D eigenvalue weighted by Crippen LogP contribution is 2.32. The minimum atomic E-state index is -4.56. The Labute approximate surface area is 259 Å². The van der Waals surface area contributed by atoms with Crippen molar-refractivity contribution in [1.29, 1.82) is 0 Å². The number of carbonyl (C=O) groups excluding carboxylic acids is 2. The third-order valence-electron chi connectivity index (χ3n) is 5.67. The molecule has 0 aliphatic heterocycles. The molecule has 0 N–H and O–H groups in total. The van der Waals surface area contributed by atoms with Crippen molar-refractivity contribution in [2.75, 3.05) is 13.2 Å². The smallest absolute Gasteiger partial charge is 0.433 e. The van der Waals surface area contributed by atoms with Crippen molar-refractivity contribution < 1.29 is 45.4 Å². The molecule has 0 aliphatic rings. The van der Waals surface area contributed by atoms with E-state index in [9.17, 15) is 35.9 Å². The second-order valence-corrected chi connectivity index (χ2v) is 8.92. The lowest BCUT2D eigenvalue weighted by Crippen LogP contribution is -2.09. The molecule has 0 spiro atoms. The Hall–Kier alpha value is -5.40. The highest BCUT2D eigenvalue weighted by molar-refractivity contribution is 5.89. The summed E-state index contributed by atoms with van der Waals surface area (Å²) in [6, 6.07) is 10.6. The summed E-state index contributed by atoms with van der Waals surface area (Å²) in [5.41, 5.74) is -0.279. The molecule has 4 rings (SSSR count). The lowest BCUT2D eigenvalue weighted by Gasteiger charge is -2.10. The maximum absolute atomic E-state index is 12.9. The van der Waals surface area contributed by atoms with E-state index in [1.165, 1.54) is 49.1 Å². The number of alkyl halides is 6. The van der Waals surface area contributed by atoms with Crippen molar-refractivity contribution in [1.82, 2.24) is 19.9 Å². The summed E-state index contributed by atoms with van der Waals surface area (Å²) >= 11 is 0. The monoisotopic (exact) mass is 644 g/mol. The summed E-state index contributed by atoms with van der Waals surface area (Å²) in [7, 11) is 0. The van der Waals surface area contributed by atoms with Gasteiger partial charge in [-0.3, -0.25) is 9.97 Å². The van der Waals surface area contributed by atoms with E-state index in [1.54, 1.807) is 38.1 Å². The van der Waals surface area contributed by atoms with Crippen LogP contribution in [-0.4, -0.2) is 45.1 Å². The van der Waals surface area contributed by atoms with Gasteiger partial charge in [0.1, 0.15) is 11.4 Å². The Kier molecular flexibility index (Phi) is 12.3. The second-order valence-electron chi connectivity index (χ2n) is 8.92. The summed E-state index contributed by atoms with van der Waals surface area (Å²) in [5, 5.41) is 0. The quantitative estimate of drug-likeness (QED) is 0.111. The van der Waals surface area contributed by atoms with E-state index in [0.717, 1.165) is 24.3 Å². The fourth-order valence-electron chi connectivity index (χ4n) is 3.69. The van der Waals surface area contributed by atoms with E-state index in [2.05, 4.69) is 19.9 Å². The highest BCUT2D eigenvalue weighted by atomic mass is 19.4. The molecular formula is C32H26F6N4O4. The molecule has 0 bridgehead atoms.